The van der Waals surface area contributed by atoms with Crippen molar-refractivity contribution in [2.24, 2.45) is 28.7 Å². The molecule has 2 saturated carbocycles. The van der Waals surface area contributed by atoms with E-state index in [1.165, 1.54) is 23.5 Å². The average molecular weight is 538 g/mol. The van der Waals surface area contributed by atoms with E-state index in [2.05, 4.69) is 127 Å². The van der Waals surface area contributed by atoms with Crippen molar-refractivity contribution in [3.63, 3.8) is 0 Å². The number of aromatic nitrogens is 2. The van der Waals surface area contributed by atoms with Gasteiger partial charge < -0.3 is 0 Å². The van der Waals surface area contributed by atoms with Crippen LogP contribution >= 0.6 is 7.92 Å². The summed E-state index contributed by atoms with van der Waals surface area (Å²) in [5.41, 5.74) is 5.01. The molecule has 0 N–H and O–H groups in total. The van der Waals surface area contributed by atoms with Crippen LogP contribution in [0.3, 0.4) is 0 Å². The zero-order valence-electron chi connectivity index (χ0n) is 22.6. The Labute approximate surface area is 237 Å². The van der Waals surface area contributed by atoms with Gasteiger partial charge in [0.15, 0.2) is 5.82 Å². The Kier molecular flexibility index (Phi) is 5.81. The molecule has 3 aliphatic carbocycles. The maximum Gasteiger partial charge on any atom is 0.156 e. The molecule has 2 fully saturated rings. The minimum atomic E-state index is -0.577. The Hall–Kier alpha value is -3.81. The third-order valence-electron chi connectivity index (χ3n) is 9.21. The molecule has 0 aliphatic heterocycles. The fourth-order valence-corrected chi connectivity index (χ4v) is 10.5. The van der Waals surface area contributed by atoms with E-state index in [1.54, 1.807) is 10.9 Å². The highest BCUT2D eigenvalue weighted by molar-refractivity contribution is 7.76. The molecule has 2 bridgehead atoms. The molecule has 5 aromatic rings. The molecular formula is C36H32N3P. The van der Waals surface area contributed by atoms with E-state index in [0.29, 0.717) is 5.92 Å². The summed E-state index contributed by atoms with van der Waals surface area (Å²) in [4.78, 5) is 10.3. The molecule has 0 radical (unpaired) electrons. The number of hydrogen-bond donors (Lipinski definition) is 0. The number of allylic oxidation sites excluding steroid dienone is 1. The first-order valence-electron chi connectivity index (χ1n) is 14.5. The van der Waals surface area contributed by atoms with Gasteiger partial charge in [-0.1, -0.05) is 96.6 Å². The van der Waals surface area contributed by atoms with Gasteiger partial charge in [-0.3, -0.25) is 9.56 Å². The summed E-state index contributed by atoms with van der Waals surface area (Å²) in [6, 6.07) is 41.6. The number of aliphatic imine (C=N–C) groups is 1. The van der Waals surface area contributed by atoms with Crippen molar-refractivity contribution in [2.75, 3.05) is 0 Å². The number of hydrogen-bond acceptors (Lipinski definition) is 2. The topological polar surface area (TPSA) is 30.2 Å². The lowest BCUT2D eigenvalue weighted by Crippen LogP contribution is -2.28. The molecule has 1 aromatic heterocycles. The molecule has 5 atom stereocenters. The van der Waals surface area contributed by atoms with E-state index in [1.807, 2.05) is 6.21 Å². The van der Waals surface area contributed by atoms with Crippen LogP contribution in [0.25, 0.3) is 16.7 Å². The van der Waals surface area contributed by atoms with Gasteiger partial charge in [-0.15, -0.1) is 0 Å². The first-order valence-corrected chi connectivity index (χ1v) is 15.8. The zero-order chi connectivity index (χ0) is 26.6. The van der Waals surface area contributed by atoms with Crippen molar-refractivity contribution in [2.45, 2.75) is 25.8 Å². The van der Waals surface area contributed by atoms with Crippen LogP contribution in [0.4, 0.5) is 0 Å². The quantitative estimate of drug-likeness (QED) is 0.156. The molecule has 40 heavy (non-hydrogen) atoms. The predicted molar refractivity (Wildman–Crippen MR) is 167 cm³/mol. The monoisotopic (exact) mass is 537 g/mol. The summed E-state index contributed by atoms with van der Waals surface area (Å²) in [6.45, 7) is 2.35. The Balaban J connectivity index is 1.20. The number of imidazole rings is 1. The maximum absolute atomic E-state index is 5.32. The number of fused-ring (bicyclic) bond motifs is 6. The van der Waals surface area contributed by atoms with Crippen molar-refractivity contribution in [3.05, 3.63) is 132 Å². The van der Waals surface area contributed by atoms with E-state index in [4.69, 9.17) is 9.98 Å². The standard InChI is InChI=1S/C36H32N3P/c1-24(37-23-34-38-32-19-11-12-20-33(32)39(34)25-13-5-2-6-14-25)35-30-22-31(29-21-28(29)30)36(35)40(26-15-7-3-8-16-26)27-17-9-4-10-18-27/h2-20,23-24,28-30,35H,21-22H2,1H3/t24-,28?,29+,30?,35?/m0/s1. The van der Waals surface area contributed by atoms with Crippen LogP contribution < -0.4 is 10.6 Å². The first kappa shape index (κ1) is 24.0. The van der Waals surface area contributed by atoms with E-state index >= 15 is 0 Å². The largest absolute Gasteiger partial charge is 0.292 e. The number of benzene rings is 4. The van der Waals surface area contributed by atoms with Crippen LogP contribution in [-0.2, 0) is 0 Å². The van der Waals surface area contributed by atoms with Gasteiger partial charge in [-0.05, 0) is 85.6 Å². The Morgan fingerprint density at radius 3 is 2.12 bits per heavy atom. The first-order chi connectivity index (χ1) is 19.8. The summed E-state index contributed by atoms with van der Waals surface area (Å²) in [5, 5.41) is 4.64. The second kappa shape index (κ2) is 9.68. The molecule has 0 saturated heterocycles. The highest BCUT2D eigenvalue weighted by atomic mass is 31.1. The summed E-state index contributed by atoms with van der Waals surface area (Å²) in [7, 11) is -0.577. The number of para-hydroxylation sites is 3. The lowest BCUT2D eigenvalue weighted by atomic mass is 9.86. The number of nitrogens with zero attached hydrogens (tertiary/aromatic N) is 3. The molecule has 4 aromatic carbocycles. The van der Waals surface area contributed by atoms with Crippen LogP contribution in [-0.4, -0.2) is 21.8 Å². The van der Waals surface area contributed by atoms with E-state index in [-0.39, 0.29) is 6.04 Å². The zero-order valence-corrected chi connectivity index (χ0v) is 23.5. The Bertz CT molecular complexity index is 1700. The second-order valence-corrected chi connectivity index (χ2v) is 13.7. The van der Waals surface area contributed by atoms with Gasteiger partial charge in [0.05, 0.1) is 23.3 Å². The number of rotatable bonds is 7. The molecule has 3 unspecified atom stereocenters. The van der Waals surface area contributed by atoms with Crippen LogP contribution in [0.5, 0.6) is 0 Å². The van der Waals surface area contributed by atoms with Gasteiger partial charge in [-0.25, -0.2) is 4.98 Å². The van der Waals surface area contributed by atoms with E-state index in [9.17, 15) is 0 Å². The molecule has 196 valence electrons. The third-order valence-corrected chi connectivity index (χ3v) is 11.9. The van der Waals surface area contributed by atoms with Gasteiger partial charge in [0.25, 0.3) is 0 Å². The van der Waals surface area contributed by atoms with Crippen molar-refractivity contribution in [3.8, 4) is 5.69 Å². The molecule has 3 aliphatic rings. The van der Waals surface area contributed by atoms with Gasteiger partial charge in [0, 0.05) is 11.6 Å². The molecule has 8 rings (SSSR count). The summed E-state index contributed by atoms with van der Waals surface area (Å²) in [6.07, 6.45) is 4.70. The van der Waals surface area contributed by atoms with Crippen molar-refractivity contribution in [1.82, 2.24) is 9.55 Å². The lowest BCUT2D eigenvalue weighted by molar-refractivity contribution is 0.340. The molecule has 0 amide bonds. The van der Waals surface area contributed by atoms with Crippen LogP contribution in [0, 0.1) is 23.7 Å². The summed E-state index contributed by atoms with van der Waals surface area (Å²) in [5.74, 6) is 3.81. The Morgan fingerprint density at radius 1 is 0.800 bits per heavy atom. The lowest BCUT2D eigenvalue weighted by Gasteiger charge is -2.33. The molecule has 0 spiro atoms. The molecular weight excluding hydrogens is 505 g/mol. The van der Waals surface area contributed by atoms with Crippen LogP contribution in [0.1, 0.15) is 25.6 Å². The van der Waals surface area contributed by atoms with Crippen molar-refractivity contribution in [1.29, 1.82) is 0 Å². The fraction of sp³-hybridized carbons (Fsp3) is 0.222. The molecule has 3 nitrogen and oxygen atoms in total. The fourth-order valence-electron chi connectivity index (χ4n) is 7.47. The minimum Gasteiger partial charge on any atom is -0.292 e. The van der Waals surface area contributed by atoms with E-state index < -0.39 is 7.92 Å². The summed E-state index contributed by atoms with van der Waals surface area (Å²) < 4.78 is 2.24. The van der Waals surface area contributed by atoms with Crippen LogP contribution in [0.15, 0.2) is 131 Å². The molecule has 1 heterocycles. The third kappa shape index (κ3) is 3.91. The molecule has 4 heteroatoms. The average Bonchev–Trinajstić information content (AvgIpc) is 3.44. The van der Waals surface area contributed by atoms with Gasteiger partial charge in [-0.2, -0.15) is 0 Å². The summed E-state index contributed by atoms with van der Waals surface area (Å²) >= 11 is 0. The van der Waals surface area contributed by atoms with E-state index in [0.717, 1.165) is 40.3 Å². The van der Waals surface area contributed by atoms with Crippen molar-refractivity contribution >= 4 is 35.8 Å². The highest BCUT2D eigenvalue weighted by Gasteiger charge is 2.61. The van der Waals surface area contributed by atoms with Gasteiger partial charge in [0.2, 0.25) is 0 Å². The smallest absolute Gasteiger partial charge is 0.156 e. The van der Waals surface area contributed by atoms with Crippen LogP contribution in [0.2, 0.25) is 0 Å². The SMILES string of the molecule is C[C@H](N=Cc1nc2ccccc2n1-c1ccccc1)C1C(P(c2ccccc2)c2ccccc2)=C2CC1C1C[C@@H]21. The van der Waals surface area contributed by atoms with Gasteiger partial charge in [0.1, 0.15) is 0 Å². The van der Waals surface area contributed by atoms with Gasteiger partial charge >= 0.3 is 0 Å². The highest BCUT2D eigenvalue weighted by Crippen LogP contribution is 2.72. The predicted octanol–water partition coefficient (Wildman–Crippen LogP) is 7.51. The Morgan fingerprint density at radius 2 is 1.43 bits per heavy atom. The second-order valence-electron chi connectivity index (χ2n) is 11.5. The van der Waals surface area contributed by atoms with Crippen molar-refractivity contribution < 1.29 is 0 Å². The maximum atomic E-state index is 5.32. The minimum absolute atomic E-state index is 0.195. The normalized spacial score (nSPS) is 23.9.